The monoisotopic (exact) mass is 795 g/mol. The van der Waals surface area contributed by atoms with E-state index in [4.69, 9.17) is 14.2 Å². The lowest BCUT2D eigenvalue weighted by Crippen LogP contribution is -2.55. The molecular weight excluding hydrogens is 713 g/mol. The molecule has 4 aliphatic carbocycles. The summed E-state index contributed by atoms with van der Waals surface area (Å²) in [5.41, 5.74) is 0.715. The van der Waals surface area contributed by atoms with Crippen LogP contribution in [-0.2, 0) is 28.6 Å². The zero-order chi connectivity index (χ0) is 40.6. The van der Waals surface area contributed by atoms with Gasteiger partial charge in [-0.05, 0) is 158 Å². The molecule has 0 aromatic carbocycles. The van der Waals surface area contributed by atoms with Gasteiger partial charge in [0.1, 0.15) is 19.8 Å². The summed E-state index contributed by atoms with van der Waals surface area (Å²) in [5.74, 6) is -0.319. The van der Waals surface area contributed by atoms with Crippen LogP contribution in [0.25, 0.3) is 0 Å². The summed E-state index contributed by atoms with van der Waals surface area (Å²) in [6, 6.07) is 0.618. The average Bonchev–Trinajstić information content (AvgIpc) is 3.17. The van der Waals surface area contributed by atoms with Gasteiger partial charge < -0.3 is 24.0 Å². The summed E-state index contributed by atoms with van der Waals surface area (Å²) >= 11 is 0. The Labute approximate surface area is 347 Å². The van der Waals surface area contributed by atoms with Gasteiger partial charge in [-0.25, -0.2) is 0 Å². The third-order valence-corrected chi connectivity index (χ3v) is 14.4. The van der Waals surface area contributed by atoms with E-state index in [1.807, 2.05) is 0 Å². The van der Waals surface area contributed by atoms with Gasteiger partial charge in [-0.3, -0.25) is 14.4 Å². The molecule has 0 radical (unpaired) electrons. The van der Waals surface area contributed by atoms with Crippen LogP contribution in [0.3, 0.4) is 0 Å². The van der Waals surface area contributed by atoms with E-state index in [2.05, 4.69) is 61.8 Å². The first-order chi connectivity index (χ1) is 27.5. The van der Waals surface area contributed by atoms with Gasteiger partial charge in [0, 0.05) is 12.5 Å². The van der Waals surface area contributed by atoms with Crippen LogP contribution in [0.4, 0.5) is 0 Å². The molecule has 0 aromatic rings. The minimum absolute atomic E-state index is 0.0395. The second-order valence-corrected chi connectivity index (χ2v) is 20.1. The summed E-state index contributed by atoms with van der Waals surface area (Å²) < 4.78 is 17.6. The molecule has 4 saturated carbocycles. The molecule has 4 bridgehead atoms. The van der Waals surface area contributed by atoms with E-state index in [-0.39, 0.29) is 55.0 Å². The van der Waals surface area contributed by atoms with E-state index >= 15 is 0 Å². The molecule has 0 amide bonds. The summed E-state index contributed by atoms with van der Waals surface area (Å²) in [5, 5.41) is 0. The van der Waals surface area contributed by atoms with Crippen LogP contribution in [0.15, 0.2) is 24.3 Å². The molecule has 0 aromatic heterocycles. The number of piperidine rings is 2. The van der Waals surface area contributed by atoms with Gasteiger partial charge in [0.05, 0.1) is 18.3 Å². The highest BCUT2D eigenvalue weighted by atomic mass is 16.6. The van der Waals surface area contributed by atoms with E-state index in [0.29, 0.717) is 29.7 Å². The van der Waals surface area contributed by atoms with Crippen molar-refractivity contribution < 1.29 is 28.6 Å². The lowest BCUT2D eigenvalue weighted by Gasteiger charge is -2.65. The molecule has 6 fully saturated rings. The first-order valence-electron chi connectivity index (χ1n) is 23.8. The van der Waals surface area contributed by atoms with E-state index in [1.54, 1.807) is 0 Å². The van der Waals surface area contributed by atoms with Crippen molar-refractivity contribution in [3.8, 4) is 0 Å². The molecule has 8 nitrogen and oxygen atoms in total. The minimum atomic E-state index is -0.373. The average molecular weight is 795 g/mol. The SMILES string of the molecule is CCCCC/C=C\C/C=C\CCCCCCCC(=O)OCC(COC(=O)CC12CC3CC(C)(CC(C)(C3)C1)C2)COC(=O)C1CCN(C2CCN(CC)CC2)CC1. The maximum atomic E-state index is 13.5. The highest BCUT2D eigenvalue weighted by Crippen LogP contribution is 2.70. The highest BCUT2D eigenvalue weighted by Gasteiger charge is 2.60. The summed E-state index contributed by atoms with van der Waals surface area (Å²) in [4.78, 5) is 44.7. The second kappa shape index (κ2) is 23.0. The molecule has 324 valence electrons. The number of esters is 3. The lowest BCUT2D eigenvalue weighted by molar-refractivity contribution is -0.170. The van der Waals surface area contributed by atoms with Crippen molar-refractivity contribution >= 4 is 17.9 Å². The van der Waals surface area contributed by atoms with Crippen LogP contribution in [0.5, 0.6) is 0 Å². The zero-order valence-electron chi connectivity index (χ0n) is 36.9. The Morgan fingerprint density at radius 3 is 1.89 bits per heavy atom. The fourth-order valence-electron chi connectivity index (χ4n) is 12.4. The van der Waals surface area contributed by atoms with Crippen molar-refractivity contribution in [1.82, 2.24) is 9.80 Å². The van der Waals surface area contributed by atoms with Crippen LogP contribution >= 0.6 is 0 Å². The standard InChI is InChI=1S/C49H82N2O6/c1-5-7-8-9-10-11-12-13-14-15-16-17-18-19-20-21-44(52)55-34-41(35-56-45(53)33-49-32-40-30-47(3,38-49)37-48(4,31-40)39-49)36-57-46(54)42-22-28-51(29-23-42)43-24-26-50(6-2)27-25-43/h10-11,13-14,40-43H,5-9,12,15-39H2,1-4H3/b11-10-,14-13-. The number of carbonyl (C=O) groups is 3. The lowest BCUT2D eigenvalue weighted by atomic mass is 9.40. The number of ether oxygens (including phenoxy) is 3. The Kier molecular flexibility index (Phi) is 18.5. The molecule has 3 atom stereocenters. The van der Waals surface area contributed by atoms with Crippen molar-refractivity contribution in [2.24, 2.45) is 34.0 Å². The molecule has 2 aliphatic heterocycles. The highest BCUT2D eigenvalue weighted by molar-refractivity contribution is 5.72. The number of unbranched alkanes of at least 4 members (excludes halogenated alkanes) is 8. The van der Waals surface area contributed by atoms with Gasteiger partial charge in [-0.15, -0.1) is 0 Å². The number of likely N-dealkylation sites (tertiary alicyclic amines) is 2. The second-order valence-electron chi connectivity index (χ2n) is 20.1. The molecular formula is C49H82N2O6. The van der Waals surface area contributed by atoms with E-state index in [1.165, 1.54) is 70.6 Å². The van der Waals surface area contributed by atoms with Crippen LogP contribution in [0, 0.1) is 34.0 Å². The maximum Gasteiger partial charge on any atom is 0.309 e. The first kappa shape index (κ1) is 45.9. The van der Waals surface area contributed by atoms with Gasteiger partial charge in [0.2, 0.25) is 0 Å². The largest absolute Gasteiger partial charge is 0.465 e. The van der Waals surface area contributed by atoms with E-state index < -0.39 is 0 Å². The van der Waals surface area contributed by atoms with E-state index in [0.717, 1.165) is 103 Å². The third-order valence-electron chi connectivity index (χ3n) is 14.4. The fourth-order valence-corrected chi connectivity index (χ4v) is 12.4. The van der Waals surface area contributed by atoms with Crippen molar-refractivity contribution in [3.63, 3.8) is 0 Å². The molecule has 3 unspecified atom stereocenters. The van der Waals surface area contributed by atoms with Crippen LogP contribution in [-0.4, -0.2) is 86.3 Å². The number of carbonyl (C=O) groups excluding carboxylic acids is 3. The number of allylic oxidation sites excluding steroid dienone is 4. The van der Waals surface area contributed by atoms with Gasteiger partial charge in [0.25, 0.3) is 0 Å². The van der Waals surface area contributed by atoms with Gasteiger partial charge in [-0.2, -0.15) is 0 Å². The molecule has 0 N–H and O–H groups in total. The smallest absolute Gasteiger partial charge is 0.309 e. The van der Waals surface area contributed by atoms with Crippen molar-refractivity contribution in [3.05, 3.63) is 24.3 Å². The molecule has 2 heterocycles. The molecule has 57 heavy (non-hydrogen) atoms. The summed E-state index contributed by atoms with van der Waals surface area (Å²) in [6.07, 6.45) is 33.8. The number of nitrogens with zero attached hydrogens (tertiary/aromatic N) is 2. The van der Waals surface area contributed by atoms with Crippen LogP contribution in [0.1, 0.15) is 175 Å². The van der Waals surface area contributed by atoms with Crippen molar-refractivity contribution in [2.45, 2.75) is 181 Å². The number of hydrogen-bond acceptors (Lipinski definition) is 8. The predicted molar refractivity (Wildman–Crippen MR) is 230 cm³/mol. The zero-order valence-corrected chi connectivity index (χ0v) is 36.9. The number of rotatable bonds is 25. The summed E-state index contributed by atoms with van der Waals surface area (Å²) in [6.45, 7) is 15.0. The normalized spacial score (nSPS) is 29.0. The van der Waals surface area contributed by atoms with Crippen LogP contribution in [0.2, 0.25) is 0 Å². The van der Waals surface area contributed by atoms with Crippen LogP contribution < -0.4 is 0 Å². The fraction of sp³-hybridized carbons (Fsp3) is 0.857. The van der Waals surface area contributed by atoms with Crippen molar-refractivity contribution in [1.29, 1.82) is 0 Å². The van der Waals surface area contributed by atoms with Gasteiger partial charge in [0.15, 0.2) is 0 Å². The third kappa shape index (κ3) is 15.1. The van der Waals surface area contributed by atoms with Gasteiger partial charge >= 0.3 is 17.9 Å². The molecule has 6 rings (SSSR count). The van der Waals surface area contributed by atoms with Gasteiger partial charge in [-0.1, -0.05) is 84.1 Å². The van der Waals surface area contributed by atoms with E-state index in [9.17, 15) is 14.4 Å². The Bertz CT molecular complexity index is 1280. The first-order valence-corrected chi connectivity index (χ1v) is 23.8. The molecule has 6 aliphatic rings. The van der Waals surface area contributed by atoms with Crippen molar-refractivity contribution in [2.75, 3.05) is 52.5 Å². The Hall–Kier alpha value is -2.19. The quantitative estimate of drug-likeness (QED) is 0.0391. The maximum absolute atomic E-state index is 13.5. The Balaban J connectivity index is 1.01. The topological polar surface area (TPSA) is 85.4 Å². The molecule has 2 saturated heterocycles. The molecule has 0 spiro atoms. The Morgan fingerprint density at radius 2 is 1.26 bits per heavy atom. The minimum Gasteiger partial charge on any atom is -0.465 e. The Morgan fingerprint density at radius 1 is 0.667 bits per heavy atom. The summed E-state index contributed by atoms with van der Waals surface area (Å²) in [7, 11) is 0. The predicted octanol–water partition coefficient (Wildman–Crippen LogP) is 10.6. The number of hydrogen-bond donors (Lipinski definition) is 0. The molecule has 8 heteroatoms.